The Morgan fingerprint density at radius 3 is 2.39 bits per heavy atom. The summed E-state index contributed by atoms with van der Waals surface area (Å²) in [4.78, 5) is 42.9. The second kappa shape index (κ2) is 9.74. The summed E-state index contributed by atoms with van der Waals surface area (Å²) in [6.07, 6.45) is -0.0717. The molecule has 0 saturated carbocycles. The third-order valence-electron chi connectivity index (χ3n) is 5.79. The lowest BCUT2D eigenvalue weighted by atomic mass is 10.0. The first-order valence-corrected chi connectivity index (χ1v) is 11.6. The molecule has 1 aliphatic heterocycles. The highest BCUT2D eigenvalue weighted by Gasteiger charge is 2.46. The predicted octanol–water partition coefficient (Wildman–Crippen LogP) is 4.84. The van der Waals surface area contributed by atoms with E-state index < -0.39 is 18.0 Å². The summed E-state index contributed by atoms with van der Waals surface area (Å²) >= 11 is 2.17. The maximum absolute atomic E-state index is 13.7. The Kier molecular flexibility index (Phi) is 6.78. The van der Waals surface area contributed by atoms with E-state index in [2.05, 4.69) is 22.6 Å². The maximum Gasteiger partial charge on any atom is 0.257 e. The molecule has 7 heteroatoms. The first kappa shape index (κ1) is 23.0. The van der Waals surface area contributed by atoms with Crippen LogP contribution in [-0.4, -0.2) is 35.8 Å². The van der Waals surface area contributed by atoms with Gasteiger partial charge in [-0.05, 0) is 77.5 Å². The smallest absolute Gasteiger partial charge is 0.257 e. The van der Waals surface area contributed by atoms with E-state index >= 15 is 0 Å². The Balaban J connectivity index is 1.74. The molecule has 1 fully saturated rings. The largest absolute Gasteiger partial charge is 0.497 e. The molecule has 3 amide bonds. The number of hydrogen-bond donors (Lipinski definition) is 0. The molecule has 0 bridgehead atoms. The molecule has 2 atom stereocenters. The van der Waals surface area contributed by atoms with Crippen molar-refractivity contribution in [2.45, 2.75) is 25.4 Å². The second-order valence-corrected chi connectivity index (χ2v) is 9.04. The summed E-state index contributed by atoms with van der Waals surface area (Å²) in [5.74, 6) is -0.515. The summed E-state index contributed by atoms with van der Waals surface area (Å²) in [6.45, 7) is 1.87. The van der Waals surface area contributed by atoms with Crippen molar-refractivity contribution in [3.05, 3.63) is 93.6 Å². The van der Waals surface area contributed by atoms with Crippen molar-refractivity contribution in [2.75, 3.05) is 12.0 Å². The van der Waals surface area contributed by atoms with Crippen LogP contribution in [0.2, 0.25) is 0 Å². The third-order valence-corrected chi connectivity index (χ3v) is 6.51. The Morgan fingerprint density at radius 2 is 1.73 bits per heavy atom. The average molecular weight is 554 g/mol. The number of carbonyl (C=O) groups is 3. The molecule has 3 aromatic carbocycles. The minimum atomic E-state index is -0.911. The van der Waals surface area contributed by atoms with Crippen molar-refractivity contribution in [1.82, 2.24) is 4.90 Å². The number of nitrogens with zero attached hydrogens (tertiary/aromatic N) is 2. The fourth-order valence-electron chi connectivity index (χ4n) is 4.08. The highest BCUT2D eigenvalue weighted by molar-refractivity contribution is 14.1. The number of hydrogen-bond acceptors (Lipinski definition) is 4. The Bertz CT molecular complexity index is 1180. The zero-order valence-electron chi connectivity index (χ0n) is 18.3. The predicted molar refractivity (Wildman–Crippen MR) is 134 cm³/mol. The summed E-state index contributed by atoms with van der Waals surface area (Å²) in [5, 5.41) is 0. The van der Waals surface area contributed by atoms with Gasteiger partial charge in [-0.2, -0.15) is 0 Å². The molecule has 2 unspecified atom stereocenters. The number of ether oxygens (including phenoxy) is 1. The molecule has 6 nitrogen and oxygen atoms in total. The summed E-state index contributed by atoms with van der Waals surface area (Å²) in [5.41, 5.74) is 1.78. The Labute approximate surface area is 206 Å². The molecule has 0 N–H and O–H groups in total. The molecule has 3 aromatic rings. The molecular formula is C26H23IN2O4. The lowest BCUT2D eigenvalue weighted by Crippen LogP contribution is -2.46. The highest BCUT2D eigenvalue weighted by atomic mass is 127. The molecule has 0 aliphatic carbocycles. The van der Waals surface area contributed by atoms with Crippen LogP contribution in [0.3, 0.4) is 0 Å². The average Bonchev–Trinajstić information content (AvgIpc) is 3.13. The van der Waals surface area contributed by atoms with Crippen molar-refractivity contribution in [3.63, 3.8) is 0 Å². The molecule has 4 rings (SSSR count). The van der Waals surface area contributed by atoms with Gasteiger partial charge in [-0.3, -0.25) is 14.4 Å². The summed E-state index contributed by atoms with van der Waals surface area (Å²) in [6, 6.07) is 22.2. The molecule has 1 saturated heterocycles. The van der Waals surface area contributed by atoms with Crippen LogP contribution < -0.4 is 9.64 Å². The van der Waals surface area contributed by atoms with E-state index in [1.54, 1.807) is 36.4 Å². The van der Waals surface area contributed by atoms with E-state index in [1.165, 1.54) is 16.9 Å². The molecule has 0 spiro atoms. The number of benzene rings is 3. The van der Waals surface area contributed by atoms with Crippen LogP contribution in [0.5, 0.6) is 5.75 Å². The standard InChI is InChI=1S/C26H23IN2O4/c1-17(18-7-4-3-5-8-18)28(25(31)19-9-6-10-22(15-19)33-2)23-16-24(30)29(26(23)32)21-13-11-20(27)12-14-21/h3-15,17,23H,16H2,1-2H3. The van der Waals surface area contributed by atoms with Gasteiger partial charge in [0.25, 0.3) is 11.8 Å². The quantitative estimate of drug-likeness (QED) is 0.324. The van der Waals surface area contributed by atoms with Crippen molar-refractivity contribution in [2.24, 2.45) is 0 Å². The van der Waals surface area contributed by atoms with E-state index in [-0.39, 0.29) is 18.2 Å². The van der Waals surface area contributed by atoms with Gasteiger partial charge in [-0.25, -0.2) is 4.90 Å². The van der Waals surface area contributed by atoms with Gasteiger partial charge in [0.1, 0.15) is 11.8 Å². The van der Waals surface area contributed by atoms with Gasteiger partial charge < -0.3 is 9.64 Å². The van der Waals surface area contributed by atoms with Crippen LogP contribution in [0.1, 0.15) is 35.3 Å². The number of carbonyl (C=O) groups excluding carboxylic acids is 3. The molecule has 0 radical (unpaired) electrons. The van der Waals surface area contributed by atoms with Crippen LogP contribution in [0, 0.1) is 3.57 Å². The minimum absolute atomic E-state index is 0.0717. The van der Waals surface area contributed by atoms with Crippen LogP contribution in [0.25, 0.3) is 0 Å². The van der Waals surface area contributed by atoms with Crippen LogP contribution >= 0.6 is 22.6 Å². The topological polar surface area (TPSA) is 66.9 Å². The van der Waals surface area contributed by atoms with Gasteiger partial charge >= 0.3 is 0 Å². The zero-order chi connectivity index (χ0) is 23.5. The van der Waals surface area contributed by atoms with Crippen molar-refractivity contribution < 1.29 is 19.1 Å². The fraction of sp³-hybridized carbons (Fsp3) is 0.192. The van der Waals surface area contributed by atoms with E-state index in [0.717, 1.165) is 9.13 Å². The number of rotatable bonds is 6. The SMILES string of the molecule is COc1cccc(C(=O)N(C2CC(=O)N(c3ccc(I)cc3)C2=O)C(C)c2ccccc2)c1. The van der Waals surface area contributed by atoms with Crippen LogP contribution in [-0.2, 0) is 9.59 Å². The first-order valence-electron chi connectivity index (χ1n) is 10.5. The number of anilines is 1. The lowest BCUT2D eigenvalue weighted by Gasteiger charge is -2.33. The van der Waals surface area contributed by atoms with E-state index in [0.29, 0.717) is 17.0 Å². The highest BCUT2D eigenvalue weighted by Crippen LogP contribution is 2.33. The van der Waals surface area contributed by atoms with Gasteiger partial charge in [0.05, 0.1) is 25.3 Å². The molecule has 0 aromatic heterocycles. The molecule has 1 heterocycles. The molecular weight excluding hydrogens is 531 g/mol. The van der Waals surface area contributed by atoms with Crippen molar-refractivity contribution >= 4 is 46.0 Å². The lowest BCUT2D eigenvalue weighted by molar-refractivity contribution is -0.122. The normalized spacial score (nSPS) is 16.6. The number of imide groups is 1. The van der Waals surface area contributed by atoms with Gasteiger partial charge in [0.15, 0.2) is 0 Å². The summed E-state index contributed by atoms with van der Waals surface area (Å²) in [7, 11) is 1.53. The van der Waals surface area contributed by atoms with E-state index in [1.807, 2.05) is 49.4 Å². The van der Waals surface area contributed by atoms with E-state index in [9.17, 15) is 14.4 Å². The third kappa shape index (κ3) is 4.64. The number of amides is 3. The van der Waals surface area contributed by atoms with Gasteiger partial charge in [-0.15, -0.1) is 0 Å². The van der Waals surface area contributed by atoms with Crippen LogP contribution in [0.4, 0.5) is 5.69 Å². The molecule has 168 valence electrons. The van der Waals surface area contributed by atoms with Gasteiger partial charge in [-0.1, -0.05) is 36.4 Å². The first-order chi connectivity index (χ1) is 15.9. The van der Waals surface area contributed by atoms with E-state index in [4.69, 9.17) is 4.74 Å². The Hall–Kier alpha value is -3.20. The monoisotopic (exact) mass is 554 g/mol. The van der Waals surface area contributed by atoms with Gasteiger partial charge in [0, 0.05) is 9.13 Å². The molecule has 1 aliphatic rings. The number of methoxy groups -OCH3 is 1. The fourth-order valence-corrected chi connectivity index (χ4v) is 4.44. The van der Waals surface area contributed by atoms with Crippen molar-refractivity contribution in [3.8, 4) is 5.75 Å². The number of halogens is 1. The summed E-state index contributed by atoms with van der Waals surface area (Å²) < 4.78 is 6.28. The minimum Gasteiger partial charge on any atom is -0.497 e. The molecule has 33 heavy (non-hydrogen) atoms. The zero-order valence-corrected chi connectivity index (χ0v) is 20.4. The van der Waals surface area contributed by atoms with Crippen molar-refractivity contribution in [1.29, 1.82) is 0 Å². The van der Waals surface area contributed by atoms with Gasteiger partial charge in [0.2, 0.25) is 5.91 Å². The second-order valence-electron chi connectivity index (χ2n) is 7.79. The van der Waals surface area contributed by atoms with Crippen LogP contribution in [0.15, 0.2) is 78.9 Å². The maximum atomic E-state index is 13.7. The Morgan fingerprint density at radius 1 is 1.03 bits per heavy atom.